The highest BCUT2D eigenvalue weighted by atomic mass is 32.2. The first kappa shape index (κ1) is 17.0. The Labute approximate surface area is 148 Å². The van der Waals surface area contributed by atoms with Crippen molar-refractivity contribution in [1.29, 1.82) is 0 Å². The molecule has 126 valence electrons. The van der Waals surface area contributed by atoms with Crippen molar-refractivity contribution in [3.8, 4) is 0 Å². The van der Waals surface area contributed by atoms with Crippen molar-refractivity contribution in [2.75, 3.05) is 31.3 Å². The lowest BCUT2D eigenvalue weighted by molar-refractivity contribution is 0.538. The smallest absolute Gasteiger partial charge is 0.147 e. The predicted molar refractivity (Wildman–Crippen MR) is 103 cm³/mol. The predicted octanol–water partition coefficient (Wildman–Crippen LogP) is 3.68. The Morgan fingerprint density at radius 1 is 1.29 bits per heavy atom. The number of aryl methyl sites for hydroxylation is 1. The summed E-state index contributed by atoms with van der Waals surface area (Å²) in [4.78, 5) is 15.8. The van der Waals surface area contributed by atoms with E-state index in [4.69, 9.17) is 4.98 Å². The SMILES string of the molecule is C/N=C(\SC)c1cncc(N2CCC(CCc3ccccc3)C2)n1. The second-order valence-electron chi connectivity index (χ2n) is 6.12. The topological polar surface area (TPSA) is 41.4 Å². The van der Waals surface area contributed by atoms with Crippen LogP contribution in [0.25, 0.3) is 0 Å². The Morgan fingerprint density at radius 2 is 2.12 bits per heavy atom. The standard InChI is InChI=1S/C19H24N4S/c1-20-19(24-2)17-12-21-13-18(22-17)23-11-10-16(14-23)9-8-15-6-4-3-5-7-15/h3-7,12-13,16H,8-11,14H2,1-2H3/b20-19-. The monoisotopic (exact) mass is 340 g/mol. The maximum atomic E-state index is 4.76. The van der Waals surface area contributed by atoms with Crippen molar-refractivity contribution in [3.05, 3.63) is 54.0 Å². The molecule has 1 unspecified atom stereocenters. The molecule has 24 heavy (non-hydrogen) atoms. The van der Waals surface area contributed by atoms with E-state index in [1.54, 1.807) is 25.0 Å². The molecule has 5 heteroatoms. The minimum atomic E-state index is 0.732. The number of anilines is 1. The van der Waals surface area contributed by atoms with E-state index in [1.165, 1.54) is 18.4 Å². The average Bonchev–Trinajstić information content (AvgIpc) is 3.11. The summed E-state index contributed by atoms with van der Waals surface area (Å²) in [5.41, 5.74) is 2.30. The van der Waals surface area contributed by atoms with Gasteiger partial charge in [-0.1, -0.05) is 30.3 Å². The zero-order valence-electron chi connectivity index (χ0n) is 14.4. The van der Waals surface area contributed by atoms with Crippen LogP contribution in [-0.4, -0.2) is 41.4 Å². The lowest BCUT2D eigenvalue weighted by atomic mass is 9.99. The van der Waals surface area contributed by atoms with Crippen LogP contribution >= 0.6 is 11.8 Å². The molecule has 1 aromatic heterocycles. The maximum absolute atomic E-state index is 4.76. The van der Waals surface area contributed by atoms with Crippen LogP contribution in [0.4, 0.5) is 5.82 Å². The van der Waals surface area contributed by atoms with Crippen molar-refractivity contribution in [2.24, 2.45) is 10.9 Å². The van der Waals surface area contributed by atoms with E-state index in [0.717, 1.165) is 42.0 Å². The van der Waals surface area contributed by atoms with Crippen molar-refractivity contribution in [1.82, 2.24) is 9.97 Å². The number of nitrogens with zero attached hydrogens (tertiary/aromatic N) is 4. The number of hydrogen-bond donors (Lipinski definition) is 0. The highest BCUT2D eigenvalue weighted by molar-refractivity contribution is 8.13. The number of thioether (sulfide) groups is 1. The van der Waals surface area contributed by atoms with Gasteiger partial charge in [0.05, 0.1) is 12.4 Å². The molecule has 0 aliphatic carbocycles. The Bertz CT molecular complexity index is 687. The number of aromatic nitrogens is 2. The van der Waals surface area contributed by atoms with Gasteiger partial charge in [0, 0.05) is 20.1 Å². The van der Waals surface area contributed by atoms with Crippen LogP contribution in [0.3, 0.4) is 0 Å². The fraction of sp³-hybridized carbons (Fsp3) is 0.421. The van der Waals surface area contributed by atoms with Gasteiger partial charge in [0.1, 0.15) is 16.6 Å². The van der Waals surface area contributed by atoms with Crippen LogP contribution in [0, 0.1) is 5.92 Å². The summed E-state index contributed by atoms with van der Waals surface area (Å²) >= 11 is 1.61. The van der Waals surface area contributed by atoms with Crippen LogP contribution < -0.4 is 4.90 Å². The second-order valence-corrected chi connectivity index (χ2v) is 6.92. The molecule has 2 heterocycles. The van der Waals surface area contributed by atoms with E-state index >= 15 is 0 Å². The molecule has 1 fully saturated rings. The second kappa shape index (κ2) is 8.29. The molecule has 0 saturated carbocycles. The van der Waals surface area contributed by atoms with Gasteiger partial charge in [-0.3, -0.25) is 9.98 Å². The Kier molecular flexibility index (Phi) is 5.86. The van der Waals surface area contributed by atoms with Crippen LogP contribution in [0.5, 0.6) is 0 Å². The van der Waals surface area contributed by atoms with Gasteiger partial charge in [-0.25, -0.2) is 4.98 Å². The first-order valence-electron chi connectivity index (χ1n) is 8.42. The minimum Gasteiger partial charge on any atom is -0.355 e. The molecule has 1 aromatic carbocycles. The van der Waals surface area contributed by atoms with Gasteiger partial charge in [-0.15, -0.1) is 11.8 Å². The van der Waals surface area contributed by atoms with Crippen molar-refractivity contribution >= 4 is 22.6 Å². The lowest BCUT2D eigenvalue weighted by Crippen LogP contribution is -2.22. The van der Waals surface area contributed by atoms with Gasteiger partial charge in [-0.05, 0) is 37.0 Å². The van der Waals surface area contributed by atoms with Gasteiger partial charge in [-0.2, -0.15) is 0 Å². The zero-order chi connectivity index (χ0) is 16.8. The number of hydrogen-bond acceptors (Lipinski definition) is 5. The Hall–Kier alpha value is -1.88. The van der Waals surface area contributed by atoms with Gasteiger partial charge in [0.25, 0.3) is 0 Å². The third-order valence-corrected chi connectivity index (χ3v) is 5.31. The lowest BCUT2D eigenvalue weighted by Gasteiger charge is -2.18. The third kappa shape index (κ3) is 4.15. The highest BCUT2D eigenvalue weighted by Gasteiger charge is 2.23. The maximum Gasteiger partial charge on any atom is 0.147 e. The molecule has 0 bridgehead atoms. The zero-order valence-corrected chi connectivity index (χ0v) is 15.2. The molecule has 0 radical (unpaired) electrons. The molecule has 0 amide bonds. The summed E-state index contributed by atoms with van der Waals surface area (Å²) in [5, 5.41) is 0.934. The summed E-state index contributed by atoms with van der Waals surface area (Å²) in [6.45, 7) is 2.14. The number of benzene rings is 1. The molecule has 1 atom stereocenters. The quantitative estimate of drug-likeness (QED) is 0.615. The van der Waals surface area contributed by atoms with Gasteiger partial charge >= 0.3 is 0 Å². The molecule has 0 spiro atoms. The van der Waals surface area contributed by atoms with Crippen molar-refractivity contribution in [3.63, 3.8) is 0 Å². The van der Waals surface area contributed by atoms with Crippen LogP contribution in [0.2, 0.25) is 0 Å². The van der Waals surface area contributed by atoms with E-state index < -0.39 is 0 Å². The average molecular weight is 340 g/mol. The Morgan fingerprint density at radius 3 is 2.88 bits per heavy atom. The molecule has 1 aliphatic heterocycles. The minimum absolute atomic E-state index is 0.732. The number of aliphatic imine (C=N–C) groups is 1. The van der Waals surface area contributed by atoms with E-state index in [0.29, 0.717) is 0 Å². The van der Waals surface area contributed by atoms with Gasteiger partial charge in [0.15, 0.2) is 0 Å². The third-order valence-electron chi connectivity index (χ3n) is 4.53. The normalized spacial score (nSPS) is 18.2. The molecule has 1 saturated heterocycles. The fourth-order valence-corrected chi connectivity index (χ4v) is 3.70. The van der Waals surface area contributed by atoms with Crippen LogP contribution in [-0.2, 0) is 6.42 Å². The molecule has 1 aliphatic rings. The van der Waals surface area contributed by atoms with E-state index in [1.807, 2.05) is 12.5 Å². The highest BCUT2D eigenvalue weighted by Crippen LogP contribution is 2.25. The van der Waals surface area contributed by atoms with Crippen molar-refractivity contribution in [2.45, 2.75) is 19.3 Å². The summed E-state index contributed by atoms with van der Waals surface area (Å²) in [6, 6.07) is 10.8. The van der Waals surface area contributed by atoms with Crippen LogP contribution in [0.15, 0.2) is 47.7 Å². The van der Waals surface area contributed by atoms with E-state index in [-0.39, 0.29) is 0 Å². The Balaban J connectivity index is 1.60. The summed E-state index contributed by atoms with van der Waals surface area (Å²) in [6.07, 6.45) is 9.31. The number of rotatable bonds is 5. The molecule has 3 rings (SSSR count). The largest absolute Gasteiger partial charge is 0.355 e. The summed E-state index contributed by atoms with van der Waals surface area (Å²) < 4.78 is 0. The van der Waals surface area contributed by atoms with Crippen LogP contribution in [0.1, 0.15) is 24.1 Å². The first-order valence-corrected chi connectivity index (χ1v) is 9.64. The molecular weight excluding hydrogens is 316 g/mol. The van der Waals surface area contributed by atoms with Gasteiger partial charge in [0.2, 0.25) is 0 Å². The first-order chi connectivity index (χ1) is 11.8. The molecule has 2 aromatic rings. The molecule has 4 nitrogen and oxygen atoms in total. The molecular formula is C19H24N4S. The molecule has 0 N–H and O–H groups in total. The van der Waals surface area contributed by atoms with Gasteiger partial charge < -0.3 is 4.90 Å². The summed E-state index contributed by atoms with van der Waals surface area (Å²) in [7, 11) is 1.80. The summed E-state index contributed by atoms with van der Waals surface area (Å²) in [5.74, 6) is 1.71. The van der Waals surface area contributed by atoms with E-state index in [9.17, 15) is 0 Å². The van der Waals surface area contributed by atoms with Crippen molar-refractivity contribution < 1.29 is 0 Å². The fourth-order valence-electron chi connectivity index (χ4n) is 3.21. The van der Waals surface area contributed by atoms with E-state index in [2.05, 4.69) is 45.2 Å².